The summed E-state index contributed by atoms with van der Waals surface area (Å²) in [5.41, 5.74) is 4.51. The lowest BCUT2D eigenvalue weighted by Crippen LogP contribution is -3.09. The van der Waals surface area contributed by atoms with Crippen LogP contribution in [-0.2, 0) is 6.54 Å². The maximum absolute atomic E-state index is 5.26. The fourth-order valence-electron chi connectivity index (χ4n) is 4.91. The van der Waals surface area contributed by atoms with Crippen molar-refractivity contribution in [1.82, 2.24) is 9.72 Å². The molecule has 0 aromatic carbocycles. The molecule has 5 nitrogen and oxygen atoms in total. The van der Waals surface area contributed by atoms with Gasteiger partial charge in [0.05, 0.1) is 30.0 Å². The van der Waals surface area contributed by atoms with Gasteiger partial charge in [0.1, 0.15) is 12.3 Å². The number of nitrogens with two attached hydrogens (primary N) is 2. The lowest BCUT2D eigenvalue weighted by Gasteiger charge is -2.41. The van der Waals surface area contributed by atoms with E-state index in [9.17, 15) is 0 Å². The number of aryl methyl sites for hydroxylation is 2. The van der Waals surface area contributed by atoms with Crippen LogP contribution in [0.5, 0.6) is 0 Å². The van der Waals surface area contributed by atoms with Crippen LogP contribution in [0.2, 0.25) is 0 Å². The molecule has 2 aromatic rings. The smallest absolute Gasteiger partial charge is 0.180 e. The summed E-state index contributed by atoms with van der Waals surface area (Å²) in [6.45, 7) is 16.8. The highest BCUT2D eigenvalue weighted by atomic mass is 16.5. The van der Waals surface area contributed by atoms with E-state index in [1.807, 2.05) is 13.0 Å². The molecule has 5 heteroatoms. The van der Waals surface area contributed by atoms with Crippen molar-refractivity contribution in [3.05, 3.63) is 34.8 Å². The molecule has 0 radical (unpaired) electrons. The molecule has 3 heterocycles. The summed E-state index contributed by atoms with van der Waals surface area (Å²) < 4.78 is 7.45. The van der Waals surface area contributed by atoms with E-state index in [0.29, 0.717) is 17.1 Å². The standard InChI is InChI=1S/C20H32N4O/c1-13-8-16(15(3)24(13)18-9-14(2)25-22-18)12-21-17-10-19(4,5)23-20(6,7)11-17/h8-9,17,21,23H,10-12H2,1-7H3/p+2. The number of piperidine rings is 1. The predicted molar refractivity (Wildman–Crippen MR) is 98.8 cm³/mol. The zero-order valence-electron chi connectivity index (χ0n) is 16.8. The van der Waals surface area contributed by atoms with E-state index >= 15 is 0 Å². The molecule has 1 aliphatic rings. The average Bonchev–Trinajstić information content (AvgIpc) is 2.97. The van der Waals surface area contributed by atoms with Crippen molar-refractivity contribution in [1.29, 1.82) is 0 Å². The fourth-order valence-corrected chi connectivity index (χ4v) is 4.91. The molecule has 3 rings (SSSR count). The number of rotatable bonds is 4. The van der Waals surface area contributed by atoms with E-state index in [0.717, 1.165) is 18.1 Å². The van der Waals surface area contributed by atoms with Crippen LogP contribution in [0.3, 0.4) is 0 Å². The molecule has 0 unspecified atom stereocenters. The van der Waals surface area contributed by atoms with E-state index in [1.54, 1.807) is 0 Å². The van der Waals surface area contributed by atoms with Crippen LogP contribution in [0.1, 0.15) is 63.2 Å². The summed E-state index contributed by atoms with van der Waals surface area (Å²) in [6.07, 6.45) is 2.50. The van der Waals surface area contributed by atoms with Gasteiger partial charge in [0.25, 0.3) is 0 Å². The van der Waals surface area contributed by atoms with Gasteiger partial charge in [0.15, 0.2) is 5.82 Å². The normalized spacial score (nSPS) is 20.1. The Morgan fingerprint density at radius 1 is 1.16 bits per heavy atom. The van der Waals surface area contributed by atoms with Crippen LogP contribution in [0.4, 0.5) is 0 Å². The molecule has 2 aromatic heterocycles. The molecule has 4 N–H and O–H groups in total. The Labute approximate surface area is 151 Å². The van der Waals surface area contributed by atoms with Gasteiger partial charge in [-0.1, -0.05) is 5.16 Å². The number of quaternary nitrogens is 2. The predicted octanol–water partition coefficient (Wildman–Crippen LogP) is 1.74. The molecule has 138 valence electrons. The zero-order valence-corrected chi connectivity index (χ0v) is 16.8. The Morgan fingerprint density at radius 2 is 1.80 bits per heavy atom. The first-order valence-corrected chi connectivity index (χ1v) is 9.38. The number of hydrogen-bond donors (Lipinski definition) is 2. The molecule has 25 heavy (non-hydrogen) atoms. The maximum atomic E-state index is 5.26. The molecular weight excluding hydrogens is 312 g/mol. The highest BCUT2D eigenvalue weighted by Crippen LogP contribution is 2.22. The fraction of sp³-hybridized carbons (Fsp3) is 0.650. The van der Waals surface area contributed by atoms with E-state index in [2.05, 4.69) is 68.0 Å². The first-order chi connectivity index (χ1) is 11.6. The molecule has 0 saturated carbocycles. The molecule has 0 amide bonds. The lowest BCUT2D eigenvalue weighted by molar-refractivity contribution is -0.816. The monoisotopic (exact) mass is 346 g/mol. The van der Waals surface area contributed by atoms with Crippen LogP contribution < -0.4 is 10.6 Å². The molecular formula is C20H34N4O+2. The SMILES string of the molecule is Cc1cc(-n2c(C)cc(C[NH2+]C3CC(C)(C)[NH2+]C(C)(C)C3)c2C)no1. The van der Waals surface area contributed by atoms with Gasteiger partial charge < -0.3 is 15.2 Å². The summed E-state index contributed by atoms with van der Waals surface area (Å²) >= 11 is 0. The number of hydrogen-bond acceptors (Lipinski definition) is 2. The van der Waals surface area contributed by atoms with Crippen molar-refractivity contribution >= 4 is 0 Å². The minimum absolute atomic E-state index is 0.318. The van der Waals surface area contributed by atoms with Gasteiger partial charge in [-0.3, -0.25) is 4.57 Å². The molecule has 0 spiro atoms. The summed E-state index contributed by atoms with van der Waals surface area (Å²) in [4.78, 5) is 0. The minimum atomic E-state index is 0.318. The topological polar surface area (TPSA) is 64.2 Å². The second kappa shape index (κ2) is 6.29. The third-order valence-electron chi connectivity index (χ3n) is 5.41. The van der Waals surface area contributed by atoms with Crippen LogP contribution in [-0.4, -0.2) is 26.8 Å². The quantitative estimate of drug-likeness (QED) is 0.886. The summed E-state index contributed by atoms with van der Waals surface area (Å²) in [7, 11) is 0. The van der Waals surface area contributed by atoms with Crippen molar-refractivity contribution in [3.8, 4) is 5.82 Å². The Hall–Kier alpha value is -1.59. The Kier molecular flexibility index (Phi) is 4.58. The molecule has 0 aliphatic carbocycles. The van der Waals surface area contributed by atoms with E-state index < -0.39 is 0 Å². The van der Waals surface area contributed by atoms with Crippen LogP contribution >= 0.6 is 0 Å². The molecule has 1 aliphatic heterocycles. The van der Waals surface area contributed by atoms with E-state index in [4.69, 9.17) is 4.52 Å². The molecule has 1 saturated heterocycles. The van der Waals surface area contributed by atoms with E-state index in [1.165, 1.54) is 29.8 Å². The van der Waals surface area contributed by atoms with Gasteiger partial charge in [0, 0.05) is 23.0 Å². The maximum Gasteiger partial charge on any atom is 0.180 e. The van der Waals surface area contributed by atoms with Gasteiger partial charge in [-0.05, 0) is 54.5 Å². The van der Waals surface area contributed by atoms with Crippen LogP contribution in [0.15, 0.2) is 16.7 Å². The van der Waals surface area contributed by atoms with Crippen molar-refractivity contribution in [2.24, 2.45) is 0 Å². The summed E-state index contributed by atoms with van der Waals surface area (Å²) in [6, 6.07) is 4.96. The second-order valence-corrected chi connectivity index (χ2v) is 9.26. The Balaban J connectivity index is 1.74. The lowest BCUT2D eigenvalue weighted by atomic mass is 9.79. The number of aromatic nitrogens is 2. The highest BCUT2D eigenvalue weighted by Gasteiger charge is 2.43. The van der Waals surface area contributed by atoms with Gasteiger partial charge in [-0.2, -0.15) is 0 Å². The zero-order chi connectivity index (χ0) is 18.4. The number of nitrogens with zero attached hydrogens (tertiary/aromatic N) is 2. The van der Waals surface area contributed by atoms with Gasteiger partial charge in [0.2, 0.25) is 0 Å². The Morgan fingerprint density at radius 3 is 2.36 bits per heavy atom. The molecule has 1 fully saturated rings. The van der Waals surface area contributed by atoms with Crippen molar-refractivity contribution < 1.29 is 15.2 Å². The molecule has 0 bridgehead atoms. The molecule has 0 atom stereocenters. The highest BCUT2D eigenvalue weighted by molar-refractivity contribution is 5.36. The van der Waals surface area contributed by atoms with Crippen molar-refractivity contribution in [2.75, 3.05) is 0 Å². The first kappa shape index (κ1) is 18.2. The van der Waals surface area contributed by atoms with Crippen LogP contribution in [0, 0.1) is 20.8 Å². The largest absolute Gasteiger partial charge is 0.360 e. The van der Waals surface area contributed by atoms with Crippen LogP contribution in [0.25, 0.3) is 5.82 Å². The minimum Gasteiger partial charge on any atom is -0.360 e. The first-order valence-electron chi connectivity index (χ1n) is 9.38. The average molecular weight is 347 g/mol. The Bertz CT molecular complexity index is 738. The second-order valence-electron chi connectivity index (χ2n) is 9.26. The van der Waals surface area contributed by atoms with Gasteiger partial charge in [-0.25, -0.2) is 0 Å². The van der Waals surface area contributed by atoms with E-state index in [-0.39, 0.29) is 0 Å². The van der Waals surface area contributed by atoms with Crippen molar-refractivity contribution in [2.45, 2.75) is 85.0 Å². The summed E-state index contributed by atoms with van der Waals surface area (Å²) in [5.74, 6) is 1.73. The summed E-state index contributed by atoms with van der Waals surface area (Å²) in [5, 5.41) is 9.27. The third-order valence-corrected chi connectivity index (χ3v) is 5.41. The van der Waals surface area contributed by atoms with Gasteiger partial charge >= 0.3 is 0 Å². The van der Waals surface area contributed by atoms with Gasteiger partial charge in [-0.15, -0.1) is 0 Å². The van der Waals surface area contributed by atoms with Crippen molar-refractivity contribution in [3.63, 3.8) is 0 Å². The third kappa shape index (κ3) is 3.98.